The summed E-state index contributed by atoms with van der Waals surface area (Å²) in [5, 5.41) is 22.9. The normalized spacial score (nSPS) is 41.0. The first-order valence-electron chi connectivity index (χ1n) is 9.84. The molecule has 0 aromatic carbocycles. The Bertz CT molecular complexity index is 784. The largest absolute Gasteiger partial charge is 0.477 e. The first-order chi connectivity index (χ1) is 13.1. The van der Waals surface area contributed by atoms with E-state index in [-0.39, 0.29) is 46.4 Å². The summed E-state index contributed by atoms with van der Waals surface area (Å²) in [6.45, 7) is 8.26. The number of fused-ring (bicyclic) bond motifs is 2. The highest BCUT2D eigenvalue weighted by Gasteiger charge is 2.61. The lowest BCUT2D eigenvalue weighted by Gasteiger charge is -2.46. The molecule has 0 saturated carbocycles. The highest BCUT2D eigenvalue weighted by atomic mass is 32.2. The van der Waals surface area contributed by atoms with E-state index in [4.69, 9.17) is 0 Å². The number of β-lactam (4-membered cyclic amide) rings is 1. The van der Waals surface area contributed by atoms with Crippen molar-refractivity contribution in [1.82, 2.24) is 15.1 Å². The summed E-state index contributed by atoms with van der Waals surface area (Å²) in [4.78, 5) is 41.0. The fourth-order valence-electron chi connectivity index (χ4n) is 5.25. The number of nitrogens with one attached hydrogen (secondary N) is 1. The second-order valence-electron chi connectivity index (χ2n) is 8.53. The lowest BCUT2D eigenvalue weighted by atomic mass is 9.79. The maximum atomic E-state index is 12.5. The number of thioether (sulfide) groups is 1. The Balaban J connectivity index is 1.58. The Kier molecular flexibility index (Phi) is 4.55. The SMILES string of the molecule is CC[C@@]1(C)NC(=O)[C@@H]2CC(SC3=C(C(=O)O)N4C(=O)[C@H](C(C)O)[C@H]4[C@H]3C)CN21. The third kappa shape index (κ3) is 2.55. The first-order valence-corrected chi connectivity index (χ1v) is 10.7. The lowest BCUT2D eigenvalue weighted by Crippen LogP contribution is -2.63. The number of carbonyl (C=O) groups is 3. The molecule has 0 bridgehead atoms. The van der Waals surface area contributed by atoms with Crippen molar-refractivity contribution in [2.75, 3.05) is 6.54 Å². The van der Waals surface area contributed by atoms with Gasteiger partial charge in [-0.05, 0) is 26.7 Å². The van der Waals surface area contributed by atoms with Gasteiger partial charge in [0.25, 0.3) is 0 Å². The van der Waals surface area contributed by atoms with E-state index < -0.39 is 18.0 Å². The molecule has 8 nitrogen and oxygen atoms in total. The van der Waals surface area contributed by atoms with Crippen molar-refractivity contribution < 1.29 is 24.6 Å². The summed E-state index contributed by atoms with van der Waals surface area (Å²) in [7, 11) is 0. The summed E-state index contributed by atoms with van der Waals surface area (Å²) in [5.41, 5.74) is -0.308. The second kappa shape index (κ2) is 6.47. The Morgan fingerprint density at radius 1 is 1.43 bits per heavy atom. The number of aliphatic carboxylic acids is 1. The smallest absolute Gasteiger partial charge is 0.353 e. The maximum absolute atomic E-state index is 12.5. The van der Waals surface area contributed by atoms with Crippen LogP contribution >= 0.6 is 11.8 Å². The van der Waals surface area contributed by atoms with E-state index in [1.165, 1.54) is 16.7 Å². The van der Waals surface area contributed by atoms with Crippen LogP contribution in [-0.2, 0) is 14.4 Å². The quantitative estimate of drug-likeness (QED) is 0.570. The van der Waals surface area contributed by atoms with Crippen LogP contribution in [0.4, 0.5) is 0 Å². The van der Waals surface area contributed by atoms with E-state index in [9.17, 15) is 24.6 Å². The molecule has 0 aromatic heterocycles. The van der Waals surface area contributed by atoms with E-state index in [0.717, 1.165) is 6.42 Å². The molecule has 0 aliphatic carbocycles. The number of aliphatic hydroxyl groups excluding tert-OH is 1. The fraction of sp³-hybridized carbons (Fsp3) is 0.737. The molecule has 0 radical (unpaired) electrons. The average molecular weight is 410 g/mol. The summed E-state index contributed by atoms with van der Waals surface area (Å²) < 4.78 is 0. The number of hydrogen-bond acceptors (Lipinski definition) is 6. The van der Waals surface area contributed by atoms with E-state index in [1.54, 1.807) is 6.92 Å². The predicted octanol–water partition coefficient (Wildman–Crippen LogP) is 0.572. The molecule has 4 aliphatic heterocycles. The van der Waals surface area contributed by atoms with Crippen LogP contribution in [0, 0.1) is 11.8 Å². The van der Waals surface area contributed by atoms with Gasteiger partial charge in [0.05, 0.1) is 29.8 Å². The third-order valence-corrected chi connectivity index (χ3v) is 8.38. The van der Waals surface area contributed by atoms with Gasteiger partial charge >= 0.3 is 5.97 Å². The highest BCUT2D eigenvalue weighted by Crippen LogP contribution is 2.52. The summed E-state index contributed by atoms with van der Waals surface area (Å²) in [6, 6.07) is -0.483. The minimum absolute atomic E-state index is 0.0347. The third-order valence-electron chi connectivity index (χ3n) is 6.88. The van der Waals surface area contributed by atoms with Crippen LogP contribution in [0.2, 0.25) is 0 Å². The Hall–Kier alpha value is -1.58. The molecule has 0 aromatic rings. The number of amides is 2. The average Bonchev–Trinajstić information content (AvgIpc) is 3.21. The predicted molar refractivity (Wildman–Crippen MR) is 103 cm³/mol. The van der Waals surface area contributed by atoms with Crippen molar-refractivity contribution in [2.45, 2.75) is 69.6 Å². The van der Waals surface area contributed by atoms with E-state index >= 15 is 0 Å². The number of carboxylic acid groups (broad SMARTS) is 1. The molecule has 28 heavy (non-hydrogen) atoms. The first kappa shape index (κ1) is 19.7. The summed E-state index contributed by atoms with van der Waals surface area (Å²) in [6.07, 6.45) is 0.654. The zero-order chi connectivity index (χ0) is 20.5. The molecular weight excluding hydrogens is 382 g/mol. The van der Waals surface area contributed by atoms with Crippen molar-refractivity contribution in [3.05, 3.63) is 10.6 Å². The highest BCUT2D eigenvalue weighted by molar-refractivity contribution is 8.03. The molecule has 154 valence electrons. The topological polar surface area (TPSA) is 110 Å². The number of rotatable bonds is 5. The van der Waals surface area contributed by atoms with Crippen LogP contribution in [0.15, 0.2) is 10.6 Å². The molecule has 9 heteroatoms. The zero-order valence-electron chi connectivity index (χ0n) is 16.5. The molecule has 4 rings (SSSR count). The van der Waals surface area contributed by atoms with Gasteiger partial charge in [0.2, 0.25) is 11.8 Å². The van der Waals surface area contributed by atoms with Crippen molar-refractivity contribution >= 4 is 29.5 Å². The zero-order valence-corrected chi connectivity index (χ0v) is 17.3. The van der Waals surface area contributed by atoms with Gasteiger partial charge in [-0.1, -0.05) is 13.8 Å². The van der Waals surface area contributed by atoms with Gasteiger partial charge in [0.15, 0.2) is 0 Å². The van der Waals surface area contributed by atoms with Crippen LogP contribution in [0.3, 0.4) is 0 Å². The summed E-state index contributed by atoms with van der Waals surface area (Å²) in [5.74, 6) is -2.08. The monoisotopic (exact) mass is 409 g/mol. The van der Waals surface area contributed by atoms with Crippen LogP contribution < -0.4 is 5.32 Å². The Morgan fingerprint density at radius 2 is 2.11 bits per heavy atom. The molecule has 3 fully saturated rings. The van der Waals surface area contributed by atoms with Gasteiger partial charge in [-0.25, -0.2) is 4.79 Å². The fourth-order valence-corrected chi connectivity index (χ4v) is 6.77. The standard InChI is InChI=1S/C19H27N3O5S/c1-5-19(4)20-16(24)11-6-10(7-21(11)19)28-15-8(2)13-12(9(3)23)17(25)22(13)14(15)18(26)27/h8-13,23H,5-7H2,1-4H3,(H,20,24)(H,26,27)/t8-,9?,10?,11+,12-,13-,19+/m1/s1. The van der Waals surface area contributed by atoms with E-state index in [1.807, 2.05) is 20.8 Å². The van der Waals surface area contributed by atoms with Crippen LogP contribution in [0.5, 0.6) is 0 Å². The molecule has 0 spiro atoms. The molecule has 2 amide bonds. The maximum Gasteiger partial charge on any atom is 0.353 e. The number of aliphatic hydroxyl groups is 1. The molecular formula is C19H27N3O5S. The number of hydrogen-bond donors (Lipinski definition) is 3. The van der Waals surface area contributed by atoms with Gasteiger partial charge in [0, 0.05) is 22.6 Å². The lowest BCUT2D eigenvalue weighted by molar-refractivity contribution is -0.163. The van der Waals surface area contributed by atoms with Crippen molar-refractivity contribution in [3.8, 4) is 0 Å². The van der Waals surface area contributed by atoms with Gasteiger partial charge in [-0.3, -0.25) is 14.5 Å². The van der Waals surface area contributed by atoms with Crippen molar-refractivity contribution in [3.63, 3.8) is 0 Å². The van der Waals surface area contributed by atoms with Gasteiger partial charge in [-0.15, -0.1) is 11.8 Å². The minimum atomic E-state index is -1.11. The second-order valence-corrected chi connectivity index (χ2v) is 9.87. The van der Waals surface area contributed by atoms with E-state index in [0.29, 0.717) is 17.9 Å². The van der Waals surface area contributed by atoms with Crippen LogP contribution in [0.25, 0.3) is 0 Å². The van der Waals surface area contributed by atoms with Crippen molar-refractivity contribution in [1.29, 1.82) is 0 Å². The number of nitrogens with zero attached hydrogens (tertiary/aromatic N) is 2. The molecule has 4 aliphatic rings. The number of carboxylic acids is 1. The molecule has 3 N–H and O–H groups in total. The molecule has 3 saturated heterocycles. The Labute approximate surface area is 168 Å². The van der Waals surface area contributed by atoms with Gasteiger partial charge in [-0.2, -0.15) is 0 Å². The van der Waals surface area contributed by atoms with Crippen LogP contribution in [-0.4, -0.2) is 73.4 Å². The van der Waals surface area contributed by atoms with E-state index in [2.05, 4.69) is 10.2 Å². The van der Waals surface area contributed by atoms with Gasteiger partial charge < -0.3 is 20.4 Å². The molecule has 7 atom stereocenters. The molecule has 2 unspecified atom stereocenters. The molecule has 4 heterocycles. The van der Waals surface area contributed by atoms with Gasteiger partial charge in [0.1, 0.15) is 5.70 Å². The number of carbonyl (C=O) groups excluding carboxylic acids is 2. The summed E-state index contributed by atoms with van der Waals surface area (Å²) >= 11 is 1.49. The Morgan fingerprint density at radius 3 is 2.68 bits per heavy atom. The van der Waals surface area contributed by atoms with Crippen LogP contribution in [0.1, 0.15) is 40.5 Å². The minimum Gasteiger partial charge on any atom is -0.477 e. The van der Waals surface area contributed by atoms with Crippen molar-refractivity contribution in [2.24, 2.45) is 11.8 Å².